The van der Waals surface area contributed by atoms with E-state index in [1.165, 1.54) is 0 Å². The molecule has 1 heterocycles. The average molecular weight is 258 g/mol. The van der Waals surface area contributed by atoms with Gasteiger partial charge in [0.25, 0.3) is 5.91 Å². The molecule has 0 N–H and O–H groups in total. The number of benzene rings is 1. The molecule has 0 aliphatic heterocycles. The van der Waals surface area contributed by atoms with Crippen molar-refractivity contribution in [2.24, 2.45) is 7.05 Å². The van der Waals surface area contributed by atoms with E-state index in [2.05, 4.69) is 17.6 Å². The summed E-state index contributed by atoms with van der Waals surface area (Å²) in [6.07, 6.45) is 2.15. The van der Waals surface area contributed by atoms with Crippen molar-refractivity contribution in [1.29, 1.82) is 0 Å². The Balaban J connectivity index is 2.45. The number of fused-ring (bicyclic) bond motifs is 1. The number of carbonyl (C=O) groups is 1. The smallest absolute Gasteiger partial charge is 0.256 e. The van der Waals surface area contributed by atoms with E-state index < -0.39 is 0 Å². The first-order valence-electron chi connectivity index (χ1n) is 6.87. The maximum Gasteiger partial charge on any atom is 0.256 e. The highest BCUT2D eigenvalue weighted by atomic mass is 16.2. The molecule has 1 aromatic heterocycles. The molecule has 0 fully saturated rings. The molecule has 0 unspecified atom stereocenters. The molecule has 0 spiro atoms. The van der Waals surface area contributed by atoms with Crippen molar-refractivity contribution in [3.63, 3.8) is 0 Å². The lowest BCUT2D eigenvalue weighted by molar-refractivity contribution is 0.0794. The first-order valence-corrected chi connectivity index (χ1v) is 6.87. The number of carbonyl (C=O) groups excluding carboxylic acids is 1. The van der Waals surface area contributed by atoms with E-state index in [0.29, 0.717) is 0 Å². The molecule has 102 valence electrons. The standard InChI is InChI=1S/C16H22N2O/c1-5-6-11-17(3)16(19)15-12(2)18(4)14-10-8-7-9-13(14)15/h7-10H,5-6,11H2,1-4H3. The Morgan fingerprint density at radius 3 is 2.68 bits per heavy atom. The fourth-order valence-electron chi connectivity index (χ4n) is 2.48. The predicted octanol–water partition coefficient (Wildman–Crippen LogP) is 3.36. The van der Waals surface area contributed by atoms with Gasteiger partial charge in [0.05, 0.1) is 5.56 Å². The molecule has 0 aliphatic carbocycles. The molecule has 0 aliphatic rings. The van der Waals surface area contributed by atoms with Crippen molar-refractivity contribution >= 4 is 16.8 Å². The molecule has 19 heavy (non-hydrogen) atoms. The van der Waals surface area contributed by atoms with Gasteiger partial charge >= 0.3 is 0 Å². The number of hydrogen-bond donors (Lipinski definition) is 0. The zero-order valence-corrected chi connectivity index (χ0v) is 12.2. The van der Waals surface area contributed by atoms with Crippen LogP contribution in [0.5, 0.6) is 0 Å². The van der Waals surface area contributed by atoms with Crippen molar-refractivity contribution in [2.75, 3.05) is 13.6 Å². The van der Waals surface area contributed by atoms with Crippen molar-refractivity contribution in [3.05, 3.63) is 35.5 Å². The van der Waals surface area contributed by atoms with Crippen LogP contribution < -0.4 is 0 Å². The molecule has 0 atom stereocenters. The predicted molar refractivity (Wildman–Crippen MR) is 79.5 cm³/mol. The molecule has 2 rings (SSSR count). The summed E-state index contributed by atoms with van der Waals surface area (Å²) in [6.45, 7) is 4.97. The van der Waals surface area contributed by atoms with Crippen LogP contribution in [0.3, 0.4) is 0 Å². The van der Waals surface area contributed by atoms with E-state index in [0.717, 1.165) is 41.5 Å². The Morgan fingerprint density at radius 2 is 2.00 bits per heavy atom. The van der Waals surface area contributed by atoms with Crippen molar-refractivity contribution in [3.8, 4) is 0 Å². The number of unbranched alkanes of at least 4 members (excludes halogenated alkanes) is 1. The lowest BCUT2D eigenvalue weighted by Crippen LogP contribution is -2.28. The number of aryl methyl sites for hydroxylation is 1. The molecule has 3 nitrogen and oxygen atoms in total. The summed E-state index contributed by atoms with van der Waals surface area (Å²) in [7, 11) is 3.90. The van der Waals surface area contributed by atoms with Gasteiger partial charge in [0.1, 0.15) is 0 Å². The number of nitrogens with zero attached hydrogens (tertiary/aromatic N) is 2. The molecule has 0 saturated heterocycles. The number of aromatic nitrogens is 1. The summed E-state index contributed by atoms with van der Waals surface area (Å²) >= 11 is 0. The molecule has 2 aromatic rings. The van der Waals surface area contributed by atoms with Crippen LogP contribution in [0.2, 0.25) is 0 Å². The number of rotatable bonds is 4. The van der Waals surface area contributed by atoms with Crippen LogP contribution in [-0.2, 0) is 7.05 Å². The third kappa shape index (κ3) is 2.37. The highest BCUT2D eigenvalue weighted by Gasteiger charge is 2.20. The van der Waals surface area contributed by atoms with E-state index in [1.54, 1.807) is 0 Å². The summed E-state index contributed by atoms with van der Waals surface area (Å²) in [5.74, 6) is 0.128. The van der Waals surface area contributed by atoms with Gasteiger partial charge in [0.15, 0.2) is 0 Å². The minimum atomic E-state index is 0.128. The van der Waals surface area contributed by atoms with Crippen LogP contribution in [0.15, 0.2) is 24.3 Å². The highest BCUT2D eigenvalue weighted by molar-refractivity contribution is 6.08. The Hall–Kier alpha value is -1.77. The lowest BCUT2D eigenvalue weighted by Gasteiger charge is -2.17. The van der Waals surface area contributed by atoms with Crippen LogP contribution in [0.25, 0.3) is 10.9 Å². The Labute approximate surface area is 114 Å². The normalized spacial score (nSPS) is 10.9. The molecular weight excluding hydrogens is 236 g/mol. The maximum absolute atomic E-state index is 12.6. The van der Waals surface area contributed by atoms with E-state index in [4.69, 9.17) is 0 Å². The van der Waals surface area contributed by atoms with E-state index in [1.807, 2.05) is 44.1 Å². The molecular formula is C16H22N2O. The first-order chi connectivity index (χ1) is 9.07. The summed E-state index contributed by atoms with van der Waals surface area (Å²) < 4.78 is 2.09. The van der Waals surface area contributed by atoms with Gasteiger partial charge in [-0.25, -0.2) is 0 Å². The Bertz CT molecular complexity index is 598. The van der Waals surface area contributed by atoms with Gasteiger partial charge in [0.2, 0.25) is 0 Å². The second-order valence-electron chi connectivity index (χ2n) is 5.12. The Kier molecular flexibility index (Phi) is 3.93. The van der Waals surface area contributed by atoms with Gasteiger partial charge in [-0.2, -0.15) is 0 Å². The molecule has 0 radical (unpaired) electrons. The minimum Gasteiger partial charge on any atom is -0.347 e. The summed E-state index contributed by atoms with van der Waals surface area (Å²) in [5.41, 5.74) is 3.00. The topological polar surface area (TPSA) is 25.2 Å². The van der Waals surface area contributed by atoms with Crippen LogP contribution in [0, 0.1) is 6.92 Å². The first kappa shape index (κ1) is 13.7. The van der Waals surface area contributed by atoms with E-state index >= 15 is 0 Å². The van der Waals surface area contributed by atoms with Gasteiger partial charge in [-0.05, 0) is 19.4 Å². The largest absolute Gasteiger partial charge is 0.347 e. The monoisotopic (exact) mass is 258 g/mol. The van der Waals surface area contributed by atoms with Gasteiger partial charge in [-0.3, -0.25) is 4.79 Å². The number of amides is 1. The Morgan fingerprint density at radius 1 is 1.32 bits per heavy atom. The second-order valence-corrected chi connectivity index (χ2v) is 5.12. The molecule has 3 heteroatoms. The van der Waals surface area contributed by atoms with E-state index in [9.17, 15) is 4.79 Å². The number of para-hydroxylation sites is 1. The van der Waals surface area contributed by atoms with Crippen molar-refractivity contribution in [2.45, 2.75) is 26.7 Å². The third-order valence-electron chi connectivity index (χ3n) is 3.81. The minimum absolute atomic E-state index is 0.128. The molecule has 0 bridgehead atoms. The van der Waals surface area contributed by atoms with Gasteiger partial charge in [-0.15, -0.1) is 0 Å². The molecule has 0 saturated carbocycles. The zero-order chi connectivity index (χ0) is 14.0. The molecule has 1 amide bonds. The van der Waals surface area contributed by atoms with Gasteiger partial charge in [0, 0.05) is 37.2 Å². The summed E-state index contributed by atoms with van der Waals surface area (Å²) in [4.78, 5) is 14.4. The summed E-state index contributed by atoms with van der Waals surface area (Å²) in [5, 5.41) is 1.05. The van der Waals surface area contributed by atoms with Crippen LogP contribution in [-0.4, -0.2) is 29.0 Å². The van der Waals surface area contributed by atoms with Crippen molar-refractivity contribution in [1.82, 2.24) is 9.47 Å². The highest BCUT2D eigenvalue weighted by Crippen LogP contribution is 2.25. The molecule has 1 aromatic carbocycles. The quantitative estimate of drug-likeness (QED) is 0.825. The fraction of sp³-hybridized carbons (Fsp3) is 0.438. The maximum atomic E-state index is 12.6. The lowest BCUT2D eigenvalue weighted by atomic mass is 10.1. The van der Waals surface area contributed by atoms with Crippen LogP contribution in [0.4, 0.5) is 0 Å². The summed E-state index contributed by atoms with van der Waals surface area (Å²) in [6, 6.07) is 8.09. The fourth-order valence-corrected chi connectivity index (χ4v) is 2.48. The van der Waals surface area contributed by atoms with Gasteiger partial charge in [-0.1, -0.05) is 31.5 Å². The number of hydrogen-bond acceptors (Lipinski definition) is 1. The van der Waals surface area contributed by atoms with Crippen molar-refractivity contribution < 1.29 is 4.79 Å². The van der Waals surface area contributed by atoms with E-state index in [-0.39, 0.29) is 5.91 Å². The zero-order valence-electron chi connectivity index (χ0n) is 12.2. The van der Waals surface area contributed by atoms with Gasteiger partial charge < -0.3 is 9.47 Å². The second kappa shape index (κ2) is 5.47. The third-order valence-corrected chi connectivity index (χ3v) is 3.81. The SMILES string of the molecule is CCCCN(C)C(=O)c1c(C)n(C)c2ccccc12. The van der Waals surface area contributed by atoms with Crippen LogP contribution >= 0.6 is 0 Å². The van der Waals surface area contributed by atoms with Crippen LogP contribution in [0.1, 0.15) is 35.8 Å². The average Bonchev–Trinajstić information content (AvgIpc) is 2.68.